The van der Waals surface area contributed by atoms with Crippen molar-refractivity contribution in [1.82, 2.24) is 0 Å². The van der Waals surface area contributed by atoms with Crippen LogP contribution in [-0.2, 0) is 23.8 Å². The van der Waals surface area contributed by atoms with Gasteiger partial charge in [0.1, 0.15) is 6.61 Å². The third-order valence-corrected chi connectivity index (χ3v) is 5.48. The molecule has 0 aromatic rings. The Morgan fingerprint density at radius 3 is 1.86 bits per heavy atom. The number of rotatable bonds is 19. The summed E-state index contributed by atoms with van der Waals surface area (Å²) in [4.78, 5) is 23.3. The monoisotopic (exact) mass is 412 g/mol. The number of ether oxygens (including phenoxy) is 3. The molecule has 0 bridgehead atoms. The van der Waals surface area contributed by atoms with Crippen LogP contribution in [0.1, 0.15) is 116 Å². The average molecular weight is 413 g/mol. The second-order valence-electron chi connectivity index (χ2n) is 8.28. The van der Waals surface area contributed by atoms with Gasteiger partial charge in [-0.05, 0) is 25.7 Å². The minimum Gasteiger partial charge on any atom is -0.466 e. The lowest BCUT2D eigenvalue weighted by atomic mass is 10.1. The van der Waals surface area contributed by atoms with E-state index in [0.29, 0.717) is 19.6 Å². The van der Waals surface area contributed by atoms with Crippen LogP contribution < -0.4 is 0 Å². The van der Waals surface area contributed by atoms with E-state index in [2.05, 4.69) is 6.92 Å². The number of carbonyl (C=O) groups is 2. The zero-order chi connectivity index (χ0) is 21.0. The molecule has 0 saturated carbocycles. The molecule has 1 heterocycles. The smallest absolute Gasteiger partial charge is 0.305 e. The maximum atomic E-state index is 11.7. The molecule has 0 aromatic heterocycles. The standard InChI is InChI=1S/C24H44O5/c1-2-3-4-5-6-7-8-9-10-11-12-13-19-28-23(25)17-14-18-24(26)29-21-22-16-15-20-27-22/h22H,2-21H2,1H3. The Labute approximate surface area is 178 Å². The summed E-state index contributed by atoms with van der Waals surface area (Å²) in [6.07, 6.45) is 18.6. The summed E-state index contributed by atoms with van der Waals surface area (Å²) in [6, 6.07) is 0. The summed E-state index contributed by atoms with van der Waals surface area (Å²) in [5.74, 6) is -0.464. The Bertz CT molecular complexity index is 404. The van der Waals surface area contributed by atoms with Crippen molar-refractivity contribution < 1.29 is 23.8 Å². The molecule has 0 spiro atoms. The van der Waals surface area contributed by atoms with Gasteiger partial charge in [-0.1, -0.05) is 77.6 Å². The minimum atomic E-state index is -0.255. The molecule has 1 rings (SSSR count). The highest BCUT2D eigenvalue weighted by molar-refractivity contribution is 5.72. The molecule has 0 radical (unpaired) electrons. The maximum absolute atomic E-state index is 11.7. The maximum Gasteiger partial charge on any atom is 0.305 e. The third-order valence-electron chi connectivity index (χ3n) is 5.48. The Morgan fingerprint density at radius 1 is 0.759 bits per heavy atom. The van der Waals surface area contributed by atoms with Gasteiger partial charge in [-0.25, -0.2) is 0 Å². The van der Waals surface area contributed by atoms with Gasteiger partial charge in [-0.2, -0.15) is 0 Å². The van der Waals surface area contributed by atoms with Crippen LogP contribution in [0, 0.1) is 0 Å². The van der Waals surface area contributed by atoms with E-state index in [1.54, 1.807) is 0 Å². The van der Waals surface area contributed by atoms with Gasteiger partial charge in [-0.15, -0.1) is 0 Å². The van der Waals surface area contributed by atoms with E-state index in [9.17, 15) is 9.59 Å². The molecular weight excluding hydrogens is 368 g/mol. The van der Waals surface area contributed by atoms with Gasteiger partial charge in [0.15, 0.2) is 0 Å². The first kappa shape index (κ1) is 25.9. The lowest BCUT2D eigenvalue weighted by Crippen LogP contribution is -2.17. The van der Waals surface area contributed by atoms with Crippen LogP contribution in [0.5, 0.6) is 0 Å². The molecule has 170 valence electrons. The van der Waals surface area contributed by atoms with Crippen molar-refractivity contribution >= 4 is 11.9 Å². The Balaban J connectivity index is 1.78. The number of hydrogen-bond donors (Lipinski definition) is 0. The quantitative estimate of drug-likeness (QED) is 0.189. The van der Waals surface area contributed by atoms with Crippen LogP contribution in [0.15, 0.2) is 0 Å². The highest BCUT2D eigenvalue weighted by Gasteiger charge is 2.17. The Kier molecular flexibility index (Phi) is 16.9. The lowest BCUT2D eigenvalue weighted by molar-refractivity contribution is -0.147. The molecule has 1 aliphatic rings. The summed E-state index contributed by atoms with van der Waals surface area (Å²) in [5, 5.41) is 0. The van der Waals surface area contributed by atoms with E-state index in [1.165, 1.54) is 64.2 Å². The molecule has 0 N–H and O–H groups in total. The van der Waals surface area contributed by atoms with Crippen molar-refractivity contribution in [3.05, 3.63) is 0 Å². The van der Waals surface area contributed by atoms with Gasteiger partial charge >= 0.3 is 11.9 Å². The second-order valence-corrected chi connectivity index (χ2v) is 8.28. The second kappa shape index (κ2) is 18.9. The van der Waals surface area contributed by atoms with Gasteiger partial charge in [0.05, 0.1) is 12.7 Å². The van der Waals surface area contributed by atoms with Gasteiger partial charge in [-0.3, -0.25) is 9.59 Å². The number of carbonyl (C=O) groups excluding carboxylic acids is 2. The highest BCUT2D eigenvalue weighted by atomic mass is 16.6. The van der Waals surface area contributed by atoms with Crippen molar-refractivity contribution in [1.29, 1.82) is 0 Å². The van der Waals surface area contributed by atoms with Gasteiger partial charge in [0.25, 0.3) is 0 Å². The predicted octanol–water partition coefficient (Wildman–Crippen LogP) is 6.12. The number of esters is 2. The van der Waals surface area contributed by atoms with E-state index in [0.717, 1.165) is 32.3 Å². The molecule has 5 nitrogen and oxygen atoms in total. The summed E-state index contributed by atoms with van der Waals surface area (Å²) >= 11 is 0. The van der Waals surface area contributed by atoms with Crippen molar-refractivity contribution in [2.45, 2.75) is 122 Å². The van der Waals surface area contributed by atoms with Crippen molar-refractivity contribution in [2.75, 3.05) is 19.8 Å². The van der Waals surface area contributed by atoms with Crippen LogP contribution in [0.2, 0.25) is 0 Å². The Hall–Kier alpha value is -1.10. The topological polar surface area (TPSA) is 61.8 Å². The fourth-order valence-corrected chi connectivity index (χ4v) is 3.61. The van der Waals surface area contributed by atoms with Crippen LogP contribution in [-0.4, -0.2) is 37.9 Å². The molecule has 0 aromatic carbocycles. The van der Waals surface area contributed by atoms with E-state index in [4.69, 9.17) is 14.2 Å². The molecule has 1 atom stereocenters. The molecule has 1 fully saturated rings. The number of hydrogen-bond acceptors (Lipinski definition) is 5. The van der Waals surface area contributed by atoms with Gasteiger partial charge in [0, 0.05) is 19.4 Å². The molecule has 1 saturated heterocycles. The highest BCUT2D eigenvalue weighted by Crippen LogP contribution is 2.13. The van der Waals surface area contributed by atoms with Crippen LogP contribution in [0.4, 0.5) is 0 Å². The predicted molar refractivity (Wildman–Crippen MR) is 116 cm³/mol. The Morgan fingerprint density at radius 2 is 1.31 bits per heavy atom. The van der Waals surface area contributed by atoms with E-state index >= 15 is 0 Å². The molecular formula is C24H44O5. The fourth-order valence-electron chi connectivity index (χ4n) is 3.61. The molecule has 0 amide bonds. The normalized spacial score (nSPS) is 16.1. The summed E-state index contributed by atoms with van der Waals surface area (Å²) in [5.41, 5.74) is 0. The van der Waals surface area contributed by atoms with Crippen molar-refractivity contribution in [3.8, 4) is 0 Å². The largest absolute Gasteiger partial charge is 0.466 e. The minimum absolute atomic E-state index is 0.0551. The summed E-state index contributed by atoms with van der Waals surface area (Å²) in [6.45, 7) is 3.85. The molecule has 1 aliphatic heterocycles. The zero-order valence-electron chi connectivity index (χ0n) is 18.8. The SMILES string of the molecule is CCCCCCCCCCCCCCOC(=O)CCCC(=O)OCC1CCCO1. The fraction of sp³-hybridized carbons (Fsp3) is 0.917. The number of unbranched alkanes of at least 4 members (excludes halogenated alkanes) is 11. The van der Waals surface area contributed by atoms with Crippen LogP contribution in [0.25, 0.3) is 0 Å². The molecule has 1 unspecified atom stereocenters. The molecule has 29 heavy (non-hydrogen) atoms. The first-order valence-corrected chi connectivity index (χ1v) is 12.1. The first-order valence-electron chi connectivity index (χ1n) is 12.1. The van der Waals surface area contributed by atoms with Crippen LogP contribution in [0.3, 0.4) is 0 Å². The summed E-state index contributed by atoms with van der Waals surface area (Å²) < 4.78 is 15.8. The van der Waals surface area contributed by atoms with Gasteiger partial charge < -0.3 is 14.2 Å². The van der Waals surface area contributed by atoms with Crippen LogP contribution >= 0.6 is 0 Å². The van der Waals surface area contributed by atoms with E-state index in [1.807, 2.05) is 0 Å². The average Bonchev–Trinajstić information content (AvgIpc) is 3.23. The van der Waals surface area contributed by atoms with E-state index < -0.39 is 0 Å². The van der Waals surface area contributed by atoms with Gasteiger partial charge in [0.2, 0.25) is 0 Å². The molecule has 5 heteroatoms. The zero-order valence-corrected chi connectivity index (χ0v) is 18.8. The third kappa shape index (κ3) is 16.4. The van der Waals surface area contributed by atoms with Crippen molar-refractivity contribution in [2.24, 2.45) is 0 Å². The first-order chi connectivity index (χ1) is 14.2. The van der Waals surface area contributed by atoms with E-state index in [-0.39, 0.29) is 30.9 Å². The summed E-state index contributed by atoms with van der Waals surface area (Å²) in [7, 11) is 0. The van der Waals surface area contributed by atoms with Crippen molar-refractivity contribution in [3.63, 3.8) is 0 Å². The lowest BCUT2D eigenvalue weighted by Gasteiger charge is -2.10. The molecule has 0 aliphatic carbocycles.